The lowest BCUT2D eigenvalue weighted by molar-refractivity contribution is -0.164. The van der Waals surface area contributed by atoms with E-state index in [4.69, 9.17) is 4.74 Å². The summed E-state index contributed by atoms with van der Waals surface area (Å²) in [6.07, 6.45) is 8.61. The van der Waals surface area contributed by atoms with E-state index in [1.54, 1.807) is 6.92 Å². The summed E-state index contributed by atoms with van der Waals surface area (Å²) in [5, 5.41) is 9.79. The van der Waals surface area contributed by atoms with Crippen LogP contribution in [0.25, 0.3) is 0 Å². The molecule has 0 amide bonds. The van der Waals surface area contributed by atoms with Crippen molar-refractivity contribution < 1.29 is 19.1 Å². The number of fused-ring (bicyclic) bond motifs is 1. The topological polar surface area (TPSA) is 84.2 Å². The van der Waals surface area contributed by atoms with Gasteiger partial charge < -0.3 is 9.53 Å². The van der Waals surface area contributed by atoms with E-state index in [1.165, 1.54) is 7.11 Å². The molecule has 212 valence electrons. The van der Waals surface area contributed by atoms with Crippen molar-refractivity contribution in [1.82, 2.24) is 0 Å². The van der Waals surface area contributed by atoms with Gasteiger partial charge in [-0.25, -0.2) is 0 Å². The van der Waals surface area contributed by atoms with E-state index < -0.39 is 10.8 Å². The second-order valence-electron chi connectivity index (χ2n) is 15.0. The zero-order chi connectivity index (χ0) is 28.9. The fourth-order valence-electron chi connectivity index (χ4n) is 9.06. The van der Waals surface area contributed by atoms with Gasteiger partial charge in [0.1, 0.15) is 11.9 Å². The first-order valence-electron chi connectivity index (χ1n) is 14.7. The second kappa shape index (κ2) is 10.2. The molecule has 0 bridgehead atoms. The molecule has 3 aliphatic carbocycles. The van der Waals surface area contributed by atoms with Crippen molar-refractivity contribution in [2.24, 2.45) is 50.7 Å². The fraction of sp³-hybridized carbons (Fsp3) is 0.818. The van der Waals surface area contributed by atoms with Crippen molar-refractivity contribution in [3.8, 4) is 6.07 Å². The van der Waals surface area contributed by atoms with E-state index in [0.29, 0.717) is 6.42 Å². The van der Waals surface area contributed by atoms with Gasteiger partial charge in [0.05, 0.1) is 18.1 Å². The molecule has 38 heavy (non-hydrogen) atoms. The number of Topliss-reactive ketones (excluding diaryl/α,β-unsaturated/α-hetero) is 2. The number of hydrogen-bond acceptors (Lipinski definition) is 5. The Morgan fingerprint density at radius 1 is 1.13 bits per heavy atom. The quantitative estimate of drug-likeness (QED) is 0.322. The number of nitriles is 1. The molecule has 7 atom stereocenters. The number of methoxy groups -OCH3 is 1. The van der Waals surface area contributed by atoms with Gasteiger partial charge in [-0.3, -0.25) is 9.59 Å². The molecule has 5 nitrogen and oxygen atoms in total. The van der Waals surface area contributed by atoms with Gasteiger partial charge in [-0.05, 0) is 91.3 Å². The van der Waals surface area contributed by atoms with Gasteiger partial charge in [0.15, 0.2) is 5.78 Å². The van der Waals surface area contributed by atoms with Crippen LogP contribution >= 0.6 is 0 Å². The van der Waals surface area contributed by atoms with Gasteiger partial charge in [-0.1, -0.05) is 61.5 Å². The van der Waals surface area contributed by atoms with E-state index in [0.717, 1.165) is 44.9 Å². The van der Waals surface area contributed by atoms with Crippen LogP contribution in [0.5, 0.6) is 0 Å². The Morgan fingerprint density at radius 2 is 1.76 bits per heavy atom. The fourth-order valence-corrected chi connectivity index (χ4v) is 9.06. The molecule has 0 heterocycles. The molecule has 2 saturated carbocycles. The largest absolute Gasteiger partial charge is 0.469 e. The van der Waals surface area contributed by atoms with E-state index in [-0.39, 0.29) is 63.0 Å². The lowest BCUT2D eigenvalue weighted by atomic mass is 9.41. The van der Waals surface area contributed by atoms with Crippen LogP contribution in [0.2, 0.25) is 0 Å². The summed E-state index contributed by atoms with van der Waals surface area (Å²) in [4.78, 5) is 39.0. The minimum atomic E-state index is -0.491. The molecule has 5 heteroatoms. The highest BCUT2D eigenvalue weighted by molar-refractivity contribution is 6.01. The zero-order valence-electron chi connectivity index (χ0n) is 25.6. The first kappa shape index (κ1) is 30.6. The average Bonchev–Trinajstić information content (AvgIpc) is 2.82. The predicted molar refractivity (Wildman–Crippen MR) is 150 cm³/mol. The van der Waals surface area contributed by atoms with Gasteiger partial charge in [-0.2, -0.15) is 5.26 Å². The Labute approximate surface area is 231 Å². The number of rotatable bonds is 7. The van der Waals surface area contributed by atoms with Gasteiger partial charge in [0.25, 0.3) is 0 Å². The summed E-state index contributed by atoms with van der Waals surface area (Å²) >= 11 is 0. The van der Waals surface area contributed by atoms with Gasteiger partial charge in [0.2, 0.25) is 0 Å². The van der Waals surface area contributed by atoms with Crippen LogP contribution in [0.3, 0.4) is 0 Å². The Kier molecular flexibility index (Phi) is 8.22. The Balaban J connectivity index is 2.02. The third-order valence-electron chi connectivity index (χ3n) is 12.0. The molecule has 0 aromatic carbocycles. The van der Waals surface area contributed by atoms with Gasteiger partial charge in [-0.15, -0.1) is 0 Å². The van der Waals surface area contributed by atoms with Crippen molar-refractivity contribution in [3.05, 3.63) is 11.6 Å². The summed E-state index contributed by atoms with van der Waals surface area (Å²) in [7, 11) is 1.51. The number of hydrogen-bond donors (Lipinski definition) is 0. The van der Waals surface area contributed by atoms with Gasteiger partial charge >= 0.3 is 5.97 Å². The number of ether oxygens (including phenoxy) is 1. The number of carbonyl (C=O) groups is 3. The van der Waals surface area contributed by atoms with Crippen molar-refractivity contribution in [2.75, 3.05) is 7.11 Å². The van der Waals surface area contributed by atoms with E-state index in [1.807, 2.05) is 13.0 Å². The van der Waals surface area contributed by atoms with Crippen LogP contribution in [0.4, 0.5) is 0 Å². The molecule has 0 aliphatic heterocycles. The summed E-state index contributed by atoms with van der Waals surface area (Å²) in [5.74, 6) is 0.113. The number of esters is 1. The summed E-state index contributed by atoms with van der Waals surface area (Å²) in [6, 6.07) is 2.16. The summed E-state index contributed by atoms with van der Waals surface area (Å²) in [6.45, 7) is 19.5. The van der Waals surface area contributed by atoms with E-state index in [9.17, 15) is 19.6 Å². The molecule has 3 rings (SSSR count). The third kappa shape index (κ3) is 4.90. The first-order chi connectivity index (χ1) is 17.4. The highest BCUT2D eigenvalue weighted by Crippen LogP contribution is 2.66. The molecule has 1 unspecified atom stereocenters. The van der Waals surface area contributed by atoms with E-state index in [2.05, 4.69) is 54.5 Å². The molecular formula is C33H51NO4. The van der Waals surface area contributed by atoms with Crippen LogP contribution in [0.15, 0.2) is 11.6 Å². The van der Waals surface area contributed by atoms with Gasteiger partial charge in [0, 0.05) is 12.3 Å². The highest BCUT2D eigenvalue weighted by atomic mass is 16.5. The maximum atomic E-state index is 13.3. The molecule has 0 spiro atoms. The van der Waals surface area contributed by atoms with Crippen molar-refractivity contribution in [1.29, 1.82) is 5.26 Å². The van der Waals surface area contributed by atoms with Crippen LogP contribution in [-0.2, 0) is 19.1 Å². The van der Waals surface area contributed by atoms with Crippen LogP contribution in [0, 0.1) is 62.1 Å². The number of allylic oxidation sites excluding steroid dienone is 2. The Bertz CT molecular complexity index is 1050. The molecule has 0 saturated heterocycles. The molecular weight excluding hydrogens is 474 g/mol. The van der Waals surface area contributed by atoms with Crippen LogP contribution < -0.4 is 0 Å². The van der Waals surface area contributed by atoms with Crippen molar-refractivity contribution in [2.45, 2.75) is 114 Å². The maximum Gasteiger partial charge on any atom is 0.312 e. The molecule has 0 aromatic rings. The van der Waals surface area contributed by atoms with Crippen molar-refractivity contribution in [3.63, 3.8) is 0 Å². The normalized spacial score (nSPS) is 39.0. The highest BCUT2D eigenvalue weighted by Gasteiger charge is 2.61. The molecule has 3 aliphatic rings. The average molecular weight is 526 g/mol. The number of ketones is 2. The Hall–Kier alpha value is -1.96. The SMILES string of the molecule is COC(=O)[C@]1(CCC(C)(C)[C@]2(C)CC[C@H]3[C@H](C)C(=O)C(C#N)=C[C@]3(C)[C@H]2CC(C)=O)CCC(C)(C)CC1C. The minimum Gasteiger partial charge on any atom is -0.469 e. The van der Waals surface area contributed by atoms with Crippen LogP contribution in [-0.4, -0.2) is 24.6 Å². The standard InChI is InChI=1S/C33H51NO4/c1-21-18-29(4,5)13-15-33(21,28(37)38-10)16-14-30(6,7)32(9)12-11-25-23(3)27(36)24(20-34)19-31(25,8)26(32)17-22(2)35/h19,21,23,25-26H,11-18H2,1-10H3/t21?,23-,25-,26+,31-,32+,33-/m0/s1. The summed E-state index contributed by atoms with van der Waals surface area (Å²) < 4.78 is 5.42. The molecule has 0 N–H and O–H groups in total. The predicted octanol–water partition coefficient (Wildman–Crippen LogP) is 7.49. The summed E-state index contributed by atoms with van der Waals surface area (Å²) in [5.41, 5.74) is -0.839. The Morgan fingerprint density at radius 3 is 2.29 bits per heavy atom. The smallest absolute Gasteiger partial charge is 0.312 e. The second-order valence-corrected chi connectivity index (χ2v) is 15.0. The first-order valence-corrected chi connectivity index (χ1v) is 14.7. The zero-order valence-corrected chi connectivity index (χ0v) is 25.6. The lowest BCUT2D eigenvalue weighted by Crippen LogP contribution is -2.57. The van der Waals surface area contributed by atoms with Crippen molar-refractivity contribution >= 4 is 17.5 Å². The maximum absolute atomic E-state index is 13.3. The molecule has 0 aromatic heterocycles. The monoisotopic (exact) mass is 525 g/mol. The number of carbonyl (C=O) groups excluding carboxylic acids is 3. The lowest BCUT2D eigenvalue weighted by Gasteiger charge is -2.63. The third-order valence-corrected chi connectivity index (χ3v) is 12.0. The molecule has 2 fully saturated rings. The minimum absolute atomic E-state index is 0.00283. The van der Waals surface area contributed by atoms with E-state index >= 15 is 0 Å². The van der Waals surface area contributed by atoms with Crippen LogP contribution in [0.1, 0.15) is 114 Å². The molecule has 0 radical (unpaired) electrons. The number of nitrogens with zero attached hydrogens (tertiary/aromatic N) is 1.